The van der Waals surface area contributed by atoms with E-state index in [2.05, 4.69) is 24.4 Å². The van der Waals surface area contributed by atoms with Crippen LogP contribution in [0.3, 0.4) is 0 Å². The van der Waals surface area contributed by atoms with E-state index in [4.69, 9.17) is 0 Å². The third-order valence-corrected chi connectivity index (χ3v) is 4.06. The number of aryl methyl sites for hydroxylation is 2. The van der Waals surface area contributed by atoms with Gasteiger partial charge in [0, 0.05) is 36.3 Å². The minimum atomic E-state index is 0.130. The summed E-state index contributed by atoms with van der Waals surface area (Å²) >= 11 is 0. The highest BCUT2D eigenvalue weighted by Crippen LogP contribution is 2.20. The molecular formula is C19H20N2O. The molecule has 0 amide bonds. The van der Waals surface area contributed by atoms with Gasteiger partial charge in [-0.1, -0.05) is 42.5 Å². The summed E-state index contributed by atoms with van der Waals surface area (Å²) in [5.41, 5.74) is 4.35. The Bertz CT molecular complexity index is 817. The van der Waals surface area contributed by atoms with E-state index in [9.17, 15) is 4.79 Å². The molecule has 0 radical (unpaired) electrons. The number of nitrogens with one attached hydrogen (secondary N) is 1. The van der Waals surface area contributed by atoms with Gasteiger partial charge in [-0.15, -0.1) is 0 Å². The molecule has 3 rings (SSSR count). The number of benzene rings is 2. The monoisotopic (exact) mass is 292 g/mol. The topological polar surface area (TPSA) is 34.0 Å². The number of hydrogen-bond donors (Lipinski definition) is 1. The standard InChI is InChI=1S/C19H20N2O/c1-14-7-3-4-8-15(14)11-20-12-19(22)17-13-21(2)18-10-6-5-9-16(17)18/h3-10,13,20H,11-12H2,1-2H3. The second kappa shape index (κ2) is 6.16. The fourth-order valence-electron chi connectivity index (χ4n) is 2.78. The summed E-state index contributed by atoms with van der Waals surface area (Å²) in [7, 11) is 1.97. The van der Waals surface area contributed by atoms with Gasteiger partial charge in [-0.05, 0) is 24.1 Å². The number of hydrogen-bond acceptors (Lipinski definition) is 2. The molecule has 0 saturated heterocycles. The van der Waals surface area contributed by atoms with Gasteiger partial charge in [0.25, 0.3) is 0 Å². The Morgan fingerprint density at radius 2 is 1.82 bits per heavy atom. The minimum absolute atomic E-state index is 0.130. The van der Waals surface area contributed by atoms with Crippen LogP contribution in [-0.2, 0) is 13.6 Å². The molecule has 2 aromatic carbocycles. The van der Waals surface area contributed by atoms with Gasteiger partial charge in [0.15, 0.2) is 5.78 Å². The number of carbonyl (C=O) groups is 1. The lowest BCUT2D eigenvalue weighted by Gasteiger charge is -2.06. The van der Waals surface area contributed by atoms with Crippen molar-refractivity contribution in [2.45, 2.75) is 13.5 Å². The fourth-order valence-corrected chi connectivity index (χ4v) is 2.78. The molecule has 0 fully saturated rings. The Kier molecular flexibility index (Phi) is 4.07. The van der Waals surface area contributed by atoms with E-state index < -0.39 is 0 Å². The summed E-state index contributed by atoms with van der Waals surface area (Å²) in [4.78, 5) is 12.5. The van der Waals surface area contributed by atoms with Crippen molar-refractivity contribution >= 4 is 16.7 Å². The maximum absolute atomic E-state index is 12.5. The maximum atomic E-state index is 12.5. The molecule has 0 aliphatic rings. The molecule has 3 aromatic rings. The Labute approximate surface area is 130 Å². The van der Waals surface area contributed by atoms with Crippen LogP contribution in [0.2, 0.25) is 0 Å². The third-order valence-electron chi connectivity index (χ3n) is 4.06. The predicted molar refractivity (Wildman–Crippen MR) is 90.1 cm³/mol. The molecule has 0 spiro atoms. The van der Waals surface area contributed by atoms with E-state index in [-0.39, 0.29) is 5.78 Å². The quantitative estimate of drug-likeness (QED) is 0.731. The van der Waals surface area contributed by atoms with E-state index in [1.807, 2.05) is 54.2 Å². The molecule has 0 saturated carbocycles. The smallest absolute Gasteiger partial charge is 0.178 e. The number of fused-ring (bicyclic) bond motifs is 1. The summed E-state index contributed by atoms with van der Waals surface area (Å²) in [6.07, 6.45) is 1.92. The Morgan fingerprint density at radius 3 is 2.64 bits per heavy atom. The average Bonchev–Trinajstić information content (AvgIpc) is 2.87. The molecular weight excluding hydrogens is 272 g/mol. The van der Waals surface area contributed by atoms with Gasteiger partial charge in [0.2, 0.25) is 0 Å². The first kappa shape index (κ1) is 14.5. The molecule has 1 aromatic heterocycles. The average molecular weight is 292 g/mol. The summed E-state index contributed by atoms with van der Waals surface area (Å²) < 4.78 is 2.00. The van der Waals surface area contributed by atoms with E-state index in [1.54, 1.807) is 0 Å². The molecule has 1 N–H and O–H groups in total. The van der Waals surface area contributed by atoms with Crippen LogP contribution in [0.1, 0.15) is 21.5 Å². The van der Waals surface area contributed by atoms with Crippen LogP contribution in [0.5, 0.6) is 0 Å². The number of Topliss-reactive ketones (excluding diaryl/α,β-unsaturated/α-hetero) is 1. The van der Waals surface area contributed by atoms with Crippen molar-refractivity contribution in [3.63, 3.8) is 0 Å². The second-order valence-corrected chi connectivity index (χ2v) is 5.62. The molecule has 0 unspecified atom stereocenters. The lowest BCUT2D eigenvalue weighted by molar-refractivity contribution is 0.0992. The number of ketones is 1. The summed E-state index contributed by atoms with van der Waals surface area (Å²) in [6, 6.07) is 16.2. The highest BCUT2D eigenvalue weighted by Gasteiger charge is 2.13. The summed E-state index contributed by atoms with van der Waals surface area (Å²) in [5, 5.41) is 4.28. The predicted octanol–water partition coefficient (Wildman–Crippen LogP) is 3.46. The van der Waals surface area contributed by atoms with E-state index in [0.29, 0.717) is 13.1 Å². The Balaban J connectivity index is 1.70. The van der Waals surface area contributed by atoms with Gasteiger partial charge in [-0.3, -0.25) is 4.79 Å². The van der Waals surface area contributed by atoms with Gasteiger partial charge in [-0.2, -0.15) is 0 Å². The molecule has 0 bridgehead atoms. The molecule has 0 aliphatic heterocycles. The Hall–Kier alpha value is -2.39. The highest BCUT2D eigenvalue weighted by molar-refractivity contribution is 6.09. The zero-order chi connectivity index (χ0) is 15.5. The van der Waals surface area contributed by atoms with Crippen molar-refractivity contribution in [3.8, 4) is 0 Å². The van der Waals surface area contributed by atoms with E-state index >= 15 is 0 Å². The Morgan fingerprint density at radius 1 is 1.09 bits per heavy atom. The normalized spacial score (nSPS) is 11.0. The van der Waals surface area contributed by atoms with Gasteiger partial charge in [-0.25, -0.2) is 0 Å². The van der Waals surface area contributed by atoms with E-state index in [1.165, 1.54) is 11.1 Å². The van der Waals surface area contributed by atoms with Crippen molar-refractivity contribution in [1.82, 2.24) is 9.88 Å². The number of rotatable bonds is 5. The highest BCUT2D eigenvalue weighted by atomic mass is 16.1. The van der Waals surface area contributed by atoms with Crippen molar-refractivity contribution < 1.29 is 4.79 Å². The van der Waals surface area contributed by atoms with Crippen LogP contribution in [0.25, 0.3) is 10.9 Å². The third kappa shape index (κ3) is 2.81. The van der Waals surface area contributed by atoms with Gasteiger partial charge < -0.3 is 9.88 Å². The number of nitrogens with zero attached hydrogens (tertiary/aromatic N) is 1. The van der Waals surface area contributed by atoms with E-state index in [0.717, 1.165) is 16.5 Å². The summed E-state index contributed by atoms with van der Waals surface area (Å²) in [5.74, 6) is 0.130. The van der Waals surface area contributed by atoms with Crippen molar-refractivity contribution in [2.24, 2.45) is 7.05 Å². The lowest BCUT2D eigenvalue weighted by Crippen LogP contribution is -2.22. The van der Waals surface area contributed by atoms with Crippen molar-refractivity contribution in [3.05, 3.63) is 71.4 Å². The van der Waals surface area contributed by atoms with Crippen LogP contribution in [0, 0.1) is 6.92 Å². The molecule has 3 nitrogen and oxygen atoms in total. The van der Waals surface area contributed by atoms with Crippen LogP contribution < -0.4 is 5.32 Å². The first-order valence-electron chi connectivity index (χ1n) is 7.49. The molecule has 0 atom stereocenters. The molecule has 3 heteroatoms. The van der Waals surface area contributed by atoms with Gasteiger partial charge in [0.05, 0.1) is 6.54 Å². The molecule has 22 heavy (non-hydrogen) atoms. The lowest BCUT2D eigenvalue weighted by atomic mass is 10.1. The molecule has 112 valence electrons. The number of para-hydroxylation sites is 1. The number of carbonyl (C=O) groups excluding carboxylic acids is 1. The van der Waals surface area contributed by atoms with Crippen LogP contribution in [0.15, 0.2) is 54.7 Å². The second-order valence-electron chi connectivity index (χ2n) is 5.62. The first-order chi connectivity index (χ1) is 10.7. The molecule has 1 heterocycles. The van der Waals surface area contributed by atoms with Crippen LogP contribution in [-0.4, -0.2) is 16.9 Å². The van der Waals surface area contributed by atoms with Crippen LogP contribution >= 0.6 is 0 Å². The van der Waals surface area contributed by atoms with Gasteiger partial charge >= 0.3 is 0 Å². The van der Waals surface area contributed by atoms with Crippen LogP contribution in [0.4, 0.5) is 0 Å². The zero-order valence-corrected chi connectivity index (χ0v) is 13.0. The molecule has 0 aliphatic carbocycles. The van der Waals surface area contributed by atoms with Crippen molar-refractivity contribution in [1.29, 1.82) is 0 Å². The zero-order valence-electron chi connectivity index (χ0n) is 13.0. The largest absolute Gasteiger partial charge is 0.350 e. The minimum Gasteiger partial charge on any atom is -0.350 e. The van der Waals surface area contributed by atoms with Crippen molar-refractivity contribution in [2.75, 3.05) is 6.54 Å². The van der Waals surface area contributed by atoms with Gasteiger partial charge in [0.1, 0.15) is 0 Å². The maximum Gasteiger partial charge on any atom is 0.178 e. The number of aromatic nitrogens is 1. The fraction of sp³-hybridized carbons (Fsp3) is 0.211. The summed E-state index contributed by atoms with van der Waals surface area (Å²) in [6.45, 7) is 3.15. The first-order valence-corrected chi connectivity index (χ1v) is 7.49. The SMILES string of the molecule is Cc1ccccc1CNCC(=O)c1cn(C)c2ccccc12.